The summed E-state index contributed by atoms with van der Waals surface area (Å²) in [4.78, 5) is 2.38. The lowest BCUT2D eigenvalue weighted by atomic mass is 9.79. The van der Waals surface area contributed by atoms with Crippen molar-refractivity contribution < 1.29 is 0 Å². The summed E-state index contributed by atoms with van der Waals surface area (Å²) in [6, 6.07) is 0.507. The molecule has 0 aromatic rings. The number of nitrogens with zero attached hydrogens (tertiary/aromatic N) is 1. The van der Waals surface area contributed by atoms with Crippen LogP contribution in [0, 0.1) is 0 Å². The molecule has 0 radical (unpaired) electrons. The molecule has 17 heavy (non-hydrogen) atoms. The average Bonchev–Trinajstić information content (AvgIpc) is 2.36. The van der Waals surface area contributed by atoms with Gasteiger partial charge in [-0.25, -0.2) is 0 Å². The number of rotatable bonds is 6. The third-order valence-electron chi connectivity index (χ3n) is 4.46. The molecular formula is C15H30N2. The van der Waals surface area contributed by atoms with Gasteiger partial charge in [-0.3, -0.25) is 0 Å². The number of allylic oxidation sites excluding steroid dienone is 1. The van der Waals surface area contributed by atoms with E-state index in [1.165, 1.54) is 32.1 Å². The smallest absolute Gasteiger partial charge is 0.0463 e. The quantitative estimate of drug-likeness (QED) is 0.715. The lowest BCUT2D eigenvalue weighted by molar-refractivity contribution is 0.126. The Kier molecular flexibility index (Phi) is 5.68. The van der Waals surface area contributed by atoms with Gasteiger partial charge in [-0.2, -0.15) is 0 Å². The highest BCUT2D eigenvalue weighted by Crippen LogP contribution is 2.31. The summed E-state index contributed by atoms with van der Waals surface area (Å²) in [5.74, 6) is 0. The van der Waals surface area contributed by atoms with Gasteiger partial charge in [0.15, 0.2) is 0 Å². The molecule has 1 rings (SSSR count). The SMILES string of the molecule is CCNC(C1=CCCCC1)C(C)(CC)N(C)C. The van der Waals surface area contributed by atoms with E-state index in [4.69, 9.17) is 0 Å². The van der Waals surface area contributed by atoms with Gasteiger partial charge in [0.2, 0.25) is 0 Å². The highest BCUT2D eigenvalue weighted by molar-refractivity contribution is 5.20. The lowest BCUT2D eigenvalue weighted by Crippen LogP contribution is -2.57. The Morgan fingerprint density at radius 1 is 1.35 bits per heavy atom. The topological polar surface area (TPSA) is 15.3 Å². The van der Waals surface area contributed by atoms with Crippen LogP contribution >= 0.6 is 0 Å². The third kappa shape index (κ3) is 3.32. The second kappa shape index (κ2) is 6.55. The maximum atomic E-state index is 3.72. The second-order valence-corrected chi connectivity index (χ2v) is 5.62. The Labute approximate surface area is 107 Å². The van der Waals surface area contributed by atoms with Crippen molar-refractivity contribution in [1.29, 1.82) is 0 Å². The first kappa shape index (κ1) is 14.7. The highest BCUT2D eigenvalue weighted by atomic mass is 15.2. The van der Waals surface area contributed by atoms with Crippen molar-refractivity contribution >= 4 is 0 Å². The Hall–Kier alpha value is -0.340. The van der Waals surface area contributed by atoms with E-state index in [0.29, 0.717) is 6.04 Å². The molecule has 1 N–H and O–H groups in total. The Morgan fingerprint density at radius 2 is 2.06 bits per heavy atom. The molecule has 0 heterocycles. The molecule has 0 aromatic carbocycles. The summed E-state index contributed by atoms with van der Waals surface area (Å²) in [6.07, 6.45) is 8.93. The van der Waals surface area contributed by atoms with Gasteiger partial charge in [-0.05, 0) is 59.7 Å². The fraction of sp³-hybridized carbons (Fsp3) is 0.867. The summed E-state index contributed by atoms with van der Waals surface area (Å²) in [5.41, 5.74) is 1.86. The normalized spacial score (nSPS) is 22.1. The highest BCUT2D eigenvalue weighted by Gasteiger charge is 2.36. The van der Waals surface area contributed by atoms with Gasteiger partial charge in [-0.15, -0.1) is 0 Å². The van der Waals surface area contributed by atoms with Crippen LogP contribution in [0.1, 0.15) is 52.9 Å². The van der Waals surface area contributed by atoms with Gasteiger partial charge < -0.3 is 10.2 Å². The van der Waals surface area contributed by atoms with E-state index in [9.17, 15) is 0 Å². The monoisotopic (exact) mass is 238 g/mol. The number of likely N-dealkylation sites (N-methyl/N-ethyl adjacent to an activating group) is 2. The van der Waals surface area contributed by atoms with E-state index in [1.54, 1.807) is 5.57 Å². The van der Waals surface area contributed by atoms with Crippen molar-refractivity contribution in [3.05, 3.63) is 11.6 Å². The summed E-state index contributed by atoms with van der Waals surface area (Å²) < 4.78 is 0. The predicted molar refractivity (Wildman–Crippen MR) is 76.4 cm³/mol. The maximum absolute atomic E-state index is 3.72. The molecular weight excluding hydrogens is 208 g/mol. The minimum Gasteiger partial charge on any atom is -0.309 e. The molecule has 0 spiro atoms. The van der Waals surface area contributed by atoms with E-state index in [2.05, 4.69) is 51.2 Å². The predicted octanol–water partition coefficient (Wildman–Crippen LogP) is 3.20. The number of nitrogens with one attached hydrogen (secondary N) is 1. The molecule has 0 saturated heterocycles. The van der Waals surface area contributed by atoms with E-state index >= 15 is 0 Å². The fourth-order valence-corrected chi connectivity index (χ4v) is 2.86. The molecule has 2 atom stereocenters. The fourth-order valence-electron chi connectivity index (χ4n) is 2.86. The second-order valence-electron chi connectivity index (χ2n) is 5.62. The van der Waals surface area contributed by atoms with Crippen LogP contribution in [0.4, 0.5) is 0 Å². The molecule has 2 nitrogen and oxygen atoms in total. The summed E-state index contributed by atoms with van der Waals surface area (Å²) >= 11 is 0. The molecule has 0 aromatic heterocycles. The van der Waals surface area contributed by atoms with Gasteiger partial charge in [0.25, 0.3) is 0 Å². The maximum Gasteiger partial charge on any atom is 0.0463 e. The molecule has 0 saturated carbocycles. The van der Waals surface area contributed by atoms with Crippen molar-refractivity contribution in [2.24, 2.45) is 0 Å². The van der Waals surface area contributed by atoms with Crippen molar-refractivity contribution in [3.8, 4) is 0 Å². The van der Waals surface area contributed by atoms with E-state index < -0.39 is 0 Å². The van der Waals surface area contributed by atoms with Crippen LogP contribution in [0.5, 0.6) is 0 Å². The molecule has 100 valence electrons. The van der Waals surface area contributed by atoms with Crippen LogP contribution in [0.2, 0.25) is 0 Å². The summed E-state index contributed by atoms with van der Waals surface area (Å²) in [7, 11) is 4.41. The molecule has 0 aliphatic heterocycles. The van der Waals surface area contributed by atoms with E-state index in [0.717, 1.165) is 6.54 Å². The van der Waals surface area contributed by atoms with Gasteiger partial charge in [-0.1, -0.05) is 25.5 Å². The van der Waals surface area contributed by atoms with Crippen molar-refractivity contribution in [3.63, 3.8) is 0 Å². The molecule has 0 amide bonds. The average molecular weight is 238 g/mol. The van der Waals surface area contributed by atoms with Gasteiger partial charge >= 0.3 is 0 Å². The van der Waals surface area contributed by atoms with E-state index in [-0.39, 0.29) is 5.54 Å². The van der Waals surface area contributed by atoms with Crippen molar-refractivity contribution in [2.45, 2.75) is 64.5 Å². The first-order valence-electron chi connectivity index (χ1n) is 7.16. The minimum absolute atomic E-state index is 0.221. The zero-order valence-corrected chi connectivity index (χ0v) is 12.3. The van der Waals surface area contributed by atoms with Crippen LogP contribution in [-0.2, 0) is 0 Å². The molecule has 1 aliphatic rings. The van der Waals surface area contributed by atoms with Crippen LogP contribution in [0.3, 0.4) is 0 Å². The molecule has 2 unspecified atom stereocenters. The number of hydrogen-bond acceptors (Lipinski definition) is 2. The Morgan fingerprint density at radius 3 is 2.47 bits per heavy atom. The summed E-state index contributed by atoms with van der Waals surface area (Å²) in [6.45, 7) is 7.94. The minimum atomic E-state index is 0.221. The largest absolute Gasteiger partial charge is 0.309 e. The zero-order chi connectivity index (χ0) is 12.9. The lowest BCUT2D eigenvalue weighted by Gasteiger charge is -2.45. The molecule has 0 bridgehead atoms. The van der Waals surface area contributed by atoms with Crippen molar-refractivity contribution in [1.82, 2.24) is 10.2 Å². The van der Waals surface area contributed by atoms with Crippen LogP contribution in [0.25, 0.3) is 0 Å². The molecule has 2 heteroatoms. The number of hydrogen-bond donors (Lipinski definition) is 1. The zero-order valence-electron chi connectivity index (χ0n) is 12.3. The Bertz CT molecular complexity index is 258. The van der Waals surface area contributed by atoms with Crippen molar-refractivity contribution in [2.75, 3.05) is 20.6 Å². The van der Waals surface area contributed by atoms with Crippen LogP contribution in [-0.4, -0.2) is 37.1 Å². The van der Waals surface area contributed by atoms with Gasteiger partial charge in [0.1, 0.15) is 0 Å². The molecule has 0 fully saturated rings. The first-order chi connectivity index (χ1) is 8.06. The van der Waals surface area contributed by atoms with Gasteiger partial charge in [0, 0.05) is 11.6 Å². The van der Waals surface area contributed by atoms with Crippen LogP contribution in [0.15, 0.2) is 11.6 Å². The standard InChI is InChI=1S/C15H30N2/c1-6-15(3,17(4)5)14(16-7-2)13-11-9-8-10-12-13/h11,14,16H,6-10,12H2,1-5H3. The van der Waals surface area contributed by atoms with Crippen LogP contribution < -0.4 is 5.32 Å². The van der Waals surface area contributed by atoms with Gasteiger partial charge in [0.05, 0.1) is 0 Å². The Balaban J connectivity index is 2.93. The third-order valence-corrected chi connectivity index (χ3v) is 4.46. The molecule has 1 aliphatic carbocycles. The first-order valence-corrected chi connectivity index (χ1v) is 7.16. The van der Waals surface area contributed by atoms with E-state index in [1.807, 2.05) is 0 Å². The summed E-state index contributed by atoms with van der Waals surface area (Å²) in [5, 5.41) is 3.72.